The van der Waals surface area contributed by atoms with Crippen LogP contribution in [0.25, 0.3) is 101 Å². The van der Waals surface area contributed by atoms with Crippen molar-refractivity contribution in [2.45, 2.75) is 0 Å². The Morgan fingerprint density at radius 3 is 1.83 bits per heavy atom. The summed E-state index contributed by atoms with van der Waals surface area (Å²) < 4.78 is 6.40. The molecule has 4 heterocycles. The maximum Gasteiger partial charge on any atom is 0.167 e. The maximum absolute atomic E-state index is 6.40. The van der Waals surface area contributed by atoms with Gasteiger partial charge in [0.05, 0.1) is 28.0 Å². The van der Waals surface area contributed by atoms with Crippen molar-refractivity contribution in [1.29, 1.82) is 0 Å². The summed E-state index contributed by atoms with van der Waals surface area (Å²) in [5, 5.41) is 2.07. The van der Waals surface area contributed by atoms with Crippen LogP contribution in [0.2, 0.25) is 0 Å². The van der Waals surface area contributed by atoms with Crippen LogP contribution in [0.15, 0.2) is 175 Å². The van der Waals surface area contributed by atoms with Crippen LogP contribution in [0, 0.1) is 0 Å². The Bertz CT molecular complexity index is 2950. The molecule has 10 aromatic rings. The topological polar surface area (TPSA) is 90.5 Å². The summed E-state index contributed by atoms with van der Waals surface area (Å²) in [6.45, 7) is 0. The zero-order valence-electron chi connectivity index (χ0n) is 28.3. The highest BCUT2D eigenvalue weighted by Crippen LogP contribution is 2.37. The molecule has 0 saturated heterocycles. The SMILES string of the molecule is c1ccc(-c2nc(-c3cccc(-c4ccc5nc(-c6ccccc6)c(-c6cccnc6)nc5c4)c3)nc(-c3cccc4c3oc3ccccc34)n2)cc1. The monoisotopic (exact) mass is 680 g/mol. The highest BCUT2D eigenvalue weighted by molar-refractivity contribution is 6.09. The van der Waals surface area contributed by atoms with Crippen molar-refractivity contribution in [3.8, 4) is 67.8 Å². The number of nitrogens with zero attached hydrogens (tertiary/aromatic N) is 6. The molecular formula is C46H28N6O. The Hall–Kier alpha value is -7.38. The number of furan rings is 1. The molecule has 0 saturated carbocycles. The van der Waals surface area contributed by atoms with Crippen molar-refractivity contribution < 1.29 is 4.42 Å². The average molecular weight is 681 g/mol. The van der Waals surface area contributed by atoms with E-state index in [2.05, 4.69) is 53.5 Å². The molecule has 0 aliphatic carbocycles. The second kappa shape index (κ2) is 12.7. The summed E-state index contributed by atoms with van der Waals surface area (Å²) in [6.07, 6.45) is 3.60. The third kappa shape index (κ3) is 5.57. The third-order valence-electron chi connectivity index (χ3n) is 9.41. The van der Waals surface area contributed by atoms with Crippen molar-refractivity contribution in [1.82, 2.24) is 29.9 Å². The average Bonchev–Trinajstić information content (AvgIpc) is 3.63. The fourth-order valence-electron chi connectivity index (χ4n) is 6.84. The first-order valence-corrected chi connectivity index (χ1v) is 17.4. The standard InChI is InChI=1S/C46H28N6O/c1-3-12-29(13-4-1)41-42(34-18-11-25-47-28-34)49-39-27-32(23-24-38(39)48-41)31-16-9-17-33(26-31)45-50-44(30-14-5-2-6-15-30)51-46(52-45)37-21-10-20-36-35-19-7-8-22-40(35)53-43(36)37/h1-28H. The van der Waals surface area contributed by atoms with E-state index in [1.165, 1.54) is 0 Å². The molecule has 0 bridgehead atoms. The third-order valence-corrected chi connectivity index (χ3v) is 9.41. The number of hydrogen-bond donors (Lipinski definition) is 0. The molecule has 0 aliphatic heterocycles. The first-order chi connectivity index (χ1) is 26.2. The minimum Gasteiger partial charge on any atom is -0.455 e. The zero-order chi connectivity index (χ0) is 35.1. The fraction of sp³-hybridized carbons (Fsp3) is 0. The molecule has 10 rings (SSSR count). The van der Waals surface area contributed by atoms with Gasteiger partial charge in [-0.3, -0.25) is 4.98 Å². The molecule has 0 radical (unpaired) electrons. The van der Waals surface area contributed by atoms with Gasteiger partial charge in [0.1, 0.15) is 11.2 Å². The second-order valence-corrected chi connectivity index (χ2v) is 12.8. The van der Waals surface area contributed by atoms with E-state index in [0.717, 1.165) is 83.3 Å². The molecule has 7 heteroatoms. The Labute approximate surface area is 304 Å². The smallest absolute Gasteiger partial charge is 0.167 e. The molecule has 0 fully saturated rings. The van der Waals surface area contributed by atoms with Gasteiger partial charge in [0.15, 0.2) is 17.5 Å². The van der Waals surface area contributed by atoms with Gasteiger partial charge in [-0.05, 0) is 53.6 Å². The van der Waals surface area contributed by atoms with Crippen LogP contribution in [0.4, 0.5) is 0 Å². The maximum atomic E-state index is 6.40. The molecular weight excluding hydrogens is 653 g/mol. The number of pyridine rings is 1. The molecule has 0 atom stereocenters. The van der Waals surface area contributed by atoms with Crippen molar-refractivity contribution in [3.63, 3.8) is 0 Å². The molecule has 53 heavy (non-hydrogen) atoms. The van der Waals surface area contributed by atoms with Crippen LogP contribution >= 0.6 is 0 Å². The van der Waals surface area contributed by atoms with Gasteiger partial charge in [0.25, 0.3) is 0 Å². The number of fused-ring (bicyclic) bond motifs is 4. The molecule has 0 aliphatic rings. The summed E-state index contributed by atoms with van der Waals surface area (Å²) in [6, 6.07) is 52.7. The van der Waals surface area contributed by atoms with Crippen LogP contribution in [-0.4, -0.2) is 29.9 Å². The molecule has 248 valence electrons. The quantitative estimate of drug-likeness (QED) is 0.173. The first kappa shape index (κ1) is 30.4. The number of rotatable bonds is 6. The molecule has 0 unspecified atom stereocenters. The minimum absolute atomic E-state index is 0.544. The summed E-state index contributed by atoms with van der Waals surface area (Å²) in [5.41, 5.74) is 11.3. The predicted molar refractivity (Wildman–Crippen MR) is 211 cm³/mol. The Kier molecular flexibility index (Phi) is 7.32. The van der Waals surface area contributed by atoms with E-state index in [9.17, 15) is 0 Å². The van der Waals surface area contributed by atoms with Gasteiger partial charge in [0, 0.05) is 45.4 Å². The Morgan fingerprint density at radius 2 is 1.00 bits per heavy atom. The normalized spacial score (nSPS) is 11.4. The predicted octanol–water partition coefficient (Wildman–Crippen LogP) is 11.1. The number of para-hydroxylation sites is 2. The number of hydrogen-bond acceptors (Lipinski definition) is 7. The summed E-state index contributed by atoms with van der Waals surface area (Å²) in [7, 11) is 0. The summed E-state index contributed by atoms with van der Waals surface area (Å²) in [5.74, 6) is 1.69. The van der Waals surface area contributed by atoms with Crippen LogP contribution in [0.5, 0.6) is 0 Å². The van der Waals surface area contributed by atoms with Crippen LogP contribution in [-0.2, 0) is 0 Å². The van der Waals surface area contributed by atoms with Gasteiger partial charge in [0.2, 0.25) is 0 Å². The highest BCUT2D eigenvalue weighted by Gasteiger charge is 2.19. The molecule has 7 nitrogen and oxygen atoms in total. The van der Waals surface area contributed by atoms with Gasteiger partial charge in [-0.25, -0.2) is 24.9 Å². The number of benzene rings is 6. The van der Waals surface area contributed by atoms with Crippen LogP contribution < -0.4 is 0 Å². The molecule has 0 amide bonds. The largest absolute Gasteiger partial charge is 0.455 e. The van der Waals surface area contributed by atoms with E-state index in [0.29, 0.717) is 17.5 Å². The van der Waals surface area contributed by atoms with Gasteiger partial charge in [-0.2, -0.15) is 0 Å². The van der Waals surface area contributed by atoms with E-state index in [4.69, 9.17) is 29.3 Å². The lowest BCUT2D eigenvalue weighted by Crippen LogP contribution is -2.00. The van der Waals surface area contributed by atoms with Crippen LogP contribution in [0.3, 0.4) is 0 Å². The molecule has 0 N–H and O–H groups in total. The molecule has 0 spiro atoms. The van der Waals surface area contributed by atoms with E-state index >= 15 is 0 Å². The van der Waals surface area contributed by atoms with Crippen molar-refractivity contribution >= 4 is 33.0 Å². The lowest BCUT2D eigenvalue weighted by Gasteiger charge is -2.12. The summed E-state index contributed by atoms with van der Waals surface area (Å²) >= 11 is 0. The van der Waals surface area contributed by atoms with Crippen molar-refractivity contribution in [2.75, 3.05) is 0 Å². The number of aromatic nitrogens is 6. The van der Waals surface area contributed by atoms with Crippen molar-refractivity contribution in [2.24, 2.45) is 0 Å². The first-order valence-electron chi connectivity index (χ1n) is 17.4. The van der Waals surface area contributed by atoms with E-state index < -0.39 is 0 Å². The molecule has 6 aromatic carbocycles. The lowest BCUT2D eigenvalue weighted by molar-refractivity contribution is 0.669. The Morgan fingerprint density at radius 1 is 0.377 bits per heavy atom. The van der Waals surface area contributed by atoms with E-state index in [1.807, 2.05) is 115 Å². The second-order valence-electron chi connectivity index (χ2n) is 12.8. The van der Waals surface area contributed by atoms with Gasteiger partial charge in [-0.1, -0.05) is 115 Å². The van der Waals surface area contributed by atoms with E-state index in [-0.39, 0.29) is 0 Å². The highest BCUT2D eigenvalue weighted by atomic mass is 16.3. The minimum atomic E-state index is 0.544. The van der Waals surface area contributed by atoms with Crippen LogP contribution in [0.1, 0.15) is 0 Å². The van der Waals surface area contributed by atoms with Gasteiger partial charge < -0.3 is 4.42 Å². The Balaban J connectivity index is 1.10. The van der Waals surface area contributed by atoms with Gasteiger partial charge in [-0.15, -0.1) is 0 Å². The van der Waals surface area contributed by atoms with E-state index in [1.54, 1.807) is 6.20 Å². The van der Waals surface area contributed by atoms with Gasteiger partial charge >= 0.3 is 0 Å². The molecule has 4 aromatic heterocycles. The fourth-order valence-corrected chi connectivity index (χ4v) is 6.84. The zero-order valence-corrected chi connectivity index (χ0v) is 28.3. The lowest BCUT2D eigenvalue weighted by atomic mass is 10.0. The van der Waals surface area contributed by atoms with Crippen molar-refractivity contribution in [3.05, 3.63) is 170 Å². The summed E-state index contributed by atoms with van der Waals surface area (Å²) in [4.78, 5) is 29.7.